The minimum Gasteiger partial charge on any atom is -0.480 e. The van der Waals surface area contributed by atoms with Gasteiger partial charge in [0.25, 0.3) is 0 Å². The van der Waals surface area contributed by atoms with Crippen LogP contribution in [0.5, 0.6) is 0 Å². The first-order valence-corrected chi connectivity index (χ1v) is 8.90. The second-order valence-corrected chi connectivity index (χ2v) is 7.46. The molecular formula is C16H19N3O4S. The number of aliphatic carboxylic acids is 1. The van der Waals surface area contributed by atoms with Gasteiger partial charge in [0.15, 0.2) is 5.82 Å². The minimum absolute atomic E-state index is 0.0329. The van der Waals surface area contributed by atoms with Crippen LogP contribution >= 0.6 is 0 Å². The number of carbonyl (C=O) groups is 1. The van der Waals surface area contributed by atoms with Crippen molar-refractivity contribution in [2.24, 2.45) is 5.92 Å². The van der Waals surface area contributed by atoms with Crippen molar-refractivity contribution in [1.29, 1.82) is 0 Å². The van der Waals surface area contributed by atoms with E-state index in [1.54, 1.807) is 0 Å². The van der Waals surface area contributed by atoms with Gasteiger partial charge in [0.2, 0.25) is 10.0 Å². The molecule has 1 aromatic carbocycles. The first-order valence-electron chi connectivity index (χ1n) is 7.42. The molecule has 7 nitrogen and oxygen atoms in total. The van der Waals surface area contributed by atoms with Gasteiger partial charge in [-0.3, -0.25) is 4.79 Å². The highest BCUT2D eigenvalue weighted by atomic mass is 32.2. The van der Waals surface area contributed by atoms with Crippen molar-refractivity contribution in [3.8, 4) is 11.4 Å². The molecule has 1 aromatic heterocycles. The van der Waals surface area contributed by atoms with Crippen molar-refractivity contribution in [2.75, 3.05) is 0 Å². The summed E-state index contributed by atoms with van der Waals surface area (Å²) in [6, 6.07) is 7.94. The number of hydrogen-bond donors (Lipinski definition) is 2. The van der Waals surface area contributed by atoms with Gasteiger partial charge in [-0.2, -0.15) is 4.72 Å². The predicted molar refractivity (Wildman–Crippen MR) is 88.7 cm³/mol. The van der Waals surface area contributed by atoms with Gasteiger partial charge in [-0.15, -0.1) is 0 Å². The number of nitrogens with zero attached hydrogens (tertiary/aromatic N) is 2. The maximum Gasteiger partial charge on any atom is 0.321 e. The highest BCUT2D eigenvalue weighted by Gasteiger charge is 2.26. The second-order valence-electron chi connectivity index (χ2n) is 5.75. The van der Waals surface area contributed by atoms with Crippen LogP contribution in [0.15, 0.2) is 47.6 Å². The average Bonchev–Trinajstić information content (AvgIpc) is 2.54. The van der Waals surface area contributed by atoms with E-state index in [2.05, 4.69) is 14.7 Å². The van der Waals surface area contributed by atoms with Crippen LogP contribution in [0.1, 0.15) is 20.3 Å². The van der Waals surface area contributed by atoms with E-state index in [0.29, 0.717) is 5.82 Å². The lowest BCUT2D eigenvalue weighted by molar-refractivity contribution is -0.139. The zero-order chi connectivity index (χ0) is 17.7. The van der Waals surface area contributed by atoms with Crippen LogP contribution in [0.3, 0.4) is 0 Å². The molecule has 2 rings (SSSR count). The van der Waals surface area contributed by atoms with E-state index in [1.807, 2.05) is 44.2 Å². The lowest BCUT2D eigenvalue weighted by Gasteiger charge is -2.16. The average molecular weight is 349 g/mol. The van der Waals surface area contributed by atoms with Crippen LogP contribution in [-0.4, -0.2) is 35.5 Å². The minimum atomic E-state index is -4.00. The van der Waals surface area contributed by atoms with Crippen molar-refractivity contribution < 1.29 is 18.3 Å². The largest absolute Gasteiger partial charge is 0.480 e. The maximum atomic E-state index is 12.3. The molecule has 1 heterocycles. The third-order valence-electron chi connectivity index (χ3n) is 3.27. The Morgan fingerprint density at radius 2 is 1.75 bits per heavy atom. The predicted octanol–water partition coefficient (Wildman–Crippen LogP) is 1.92. The molecule has 8 heteroatoms. The van der Waals surface area contributed by atoms with Gasteiger partial charge in [0, 0.05) is 5.56 Å². The Morgan fingerprint density at radius 3 is 2.25 bits per heavy atom. The van der Waals surface area contributed by atoms with Crippen molar-refractivity contribution in [3.05, 3.63) is 42.7 Å². The molecule has 0 aliphatic heterocycles. The molecule has 1 atom stereocenters. The number of aromatic nitrogens is 2. The number of rotatable bonds is 7. The topological polar surface area (TPSA) is 109 Å². The van der Waals surface area contributed by atoms with Gasteiger partial charge >= 0.3 is 5.97 Å². The molecule has 0 spiro atoms. The zero-order valence-corrected chi connectivity index (χ0v) is 14.2. The van der Waals surface area contributed by atoms with Crippen LogP contribution in [0.2, 0.25) is 0 Å². The molecule has 2 N–H and O–H groups in total. The van der Waals surface area contributed by atoms with Gasteiger partial charge in [-0.25, -0.2) is 18.4 Å². The van der Waals surface area contributed by atoms with Crippen LogP contribution in [-0.2, 0) is 14.8 Å². The lowest BCUT2D eigenvalue weighted by Crippen LogP contribution is -2.41. The molecule has 2 aromatic rings. The van der Waals surface area contributed by atoms with E-state index in [1.165, 1.54) is 12.4 Å². The molecule has 128 valence electrons. The number of benzene rings is 1. The van der Waals surface area contributed by atoms with Crippen molar-refractivity contribution in [3.63, 3.8) is 0 Å². The fourth-order valence-electron chi connectivity index (χ4n) is 2.12. The summed E-state index contributed by atoms with van der Waals surface area (Å²) in [6.07, 6.45) is 2.54. The maximum absolute atomic E-state index is 12.3. The van der Waals surface area contributed by atoms with Gasteiger partial charge in [0.1, 0.15) is 10.9 Å². The van der Waals surface area contributed by atoms with Gasteiger partial charge in [-0.1, -0.05) is 44.2 Å². The first-order chi connectivity index (χ1) is 11.3. The standard InChI is InChI=1S/C16H19N3O4S/c1-11(2)8-14(16(20)21)19-24(22,23)13-9-17-15(18-10-13)12-6-4-3-5-7-12/h3-7,9-11,14,19H,8H2,1-2H3,(H,20,21). The zero-order valence-electron chi connectivity index (χ0n) is 13.4. The van der Waals surface area contributed by atoms with Gasteiger partial charge in [0.05, 0.1) is 12.4 Å². The number of carboxylic acid groups (broad SMARTS) is 1. The number of nitrogens with one attached hydrogen (secondary N) is 1. The molecule has 0 aliphatic carbocycles. The summed E-state index contributed by atoms with van der Waals surface area (Å²) < 4.78 is 26.8. The van der Waals surface area contributed by atoms with Gasteiger partial charge < -0.3 is 5.11 Å². The Balaban J connectivity index is 2.21. The van der Waals surface area contributed by atoms with E-state index < -0.39 is 22.0 Å². The van der Waals surface area contributed by atoms with E-state index in [9.17, 15) is 13.2 Å². The van der Waals surface area contributed by atoms with E-state index in [-0.39, 0.29) is 17.2 Å². The molecule has 0 fully saturated rings. The summed E-state index contributed by atoms with van der Waals surface area (Å²) in [5, 5.41) is 9.17. The third-order valence-corrected chi connectivity index (χ3v) is 4.70. The first kappa shape index (κ1) is 18.0. The summed E-state index contributed by atoms with van der Waals surface area (Å²) in [4.78, 5) is 19.2. The molecule has 1 unspecified atom stereocenters. The number of sulfonamides is 1. The molecule has 0 saturated carbocycles. The van der Waals surface area contributed by atoms with E-state index in [4.69, 9.17) is 5.11 Å². The van der Waals surface area contributed by atoms with Crippen molar-refractivity contribution in [1.82, 2.24) is 14.7 Å². The van der Waals surface area contributed by atoms with Crippen LogP contribution in [0.4, 0.5) is 0 Å². The van der Waals surface area contributed by atoms with Crippen molar-refractivity contribution >= 4 is 16.0 Å². The Hall–Kier alpha value is -2.32. The third kappa shape index (κ3) is 4.59. The van der Waals surface area contributed by atoms with E-state index >= 15 is 0 Å². The van der Waals surface area contributed by atoms with E-state index in [0.717, 1.165) is 5.56 Å². The van der Waals surface area contributed by atoms with Crippen LogP contribution < -0.4 is 4.72 Å². The summed E-state index contributed by atoms with van der Waals surface area (Å²) in [6.45, 7) is 3.64. The quantitative estimate of drug-likeness (QED) is 0.790. The molecule has 0 bridgehead atoms. The fourth-order valence-corrected chi connectivity index (χ4v) is 3.21. The monoisotopic (exact) mass is 349 g/mol. The Morgan fingerprint density at radius 1 is 1.17 bits per heavy atom. The summed E-state index contributed by atoms with van der Waals surface area (Å²) in [7, 11) is -4.00. The Kier molecular flexibility index (Phi) is 5.63. The highest BCUT2D eigenvalue weighted by molar-refractivity contribution is 7.89. The smallest absolute Gasteiger partial charge is 0.321 e. The molecule has 0 amide bonds. The SMILES string of the molecule is CC(C)CC(NS(=O)(=O)c1cnc(-c2ccccc2)nc1)C(=O)O. The second kappa shape index (κ2) is 7.50. The fraction of sp³-hybridized carbons (Fsp3) is 0.312. The van der Waals surface area contributed by atoms with Crippen LogP contribution in [0.25, 0.3) is 11.4 Å². The van der Waals surface area contributed by atoms with Crippen molar-refractivity contribution in [2.45, 2.75) is 31.2 Å². The lowest BCUT2D eigenvalue weighted by atomic mass is 10.1. The molecular weight excluding hydrogens is 330 g/mol. The number of hydrogen-bond acceptors (Lipinski definition) is 5. The molecule has 24 heavy (non-hydrogen) atoms. The van der Waals surface area contributed by atoms with Gasteiger partial charge in [-0.05, 0) is 12.3 Å². The normalized spacial score (nSPS) is 13.0. The van der Waals surface area contributed by atoms with Crippen LogP contribution in [0, 0.1) is 5.92 Å². The summed E-state index contributed by atoms with van der Waals surface area (Å²) in [5.41, 5.74) is 0.762. The molecule has 0 saturated heterocycles. The summed E-state index contributed by atoms with van der Waals surface area (Å²) >= 11 is 0. The highest BCUT2D eigenvalue weighted by Crippen LogP contribution is 2.16. The summed E-state index contributed by atoms with van der Waals surface area (Å²) in [5.74, 6) is -0.786. The Bertz CT molecular complexity index is 790. The molecule has 0 aliphatic rings. The Labute approximate surface area is 140 Å². The molecule has 0 radical (unpaired) electrons. The number of carboxylic acids is 1.